The summed E-state index contributed by atoms with van der Waals surface area (Å²) in [5, 5.41) is 11.5. The van der Waals surface area contributed by atoms with Crippen LogP contribution < -0.4 is 0 Å². The summed E-state index contributed by atoms with van der Waals surface area (Å²) in [6.07, 6.45) is 1.79. The van der Waals surface area contributed by atoms with Crippen molar-refractivity contribution in [2.75, 3.05) is 39.4 Å². The van der Waals surface area contributed by atoms with Gasteiger partial charge in [0, 0.05) is 36.8 Å². The van der Waals surface area contributed by atoms with Gasteiger partial charge in [-0.3, -0.25) is 18.9 Å². The number of aliphatic hydroxyl groups excluding tert-OH is 1. The van der Waals surface area contributed by atoms with E-state index in [-0.39, 0.29) is 11.3 Å². The predicted molar refractivity (Wildman–Crippen MR) is 130 cm³/mol. The summed E-state index contributed by atoms with van der Waals surface area (Å²) in [4.78, 5) is 34.8. The standard InChI is InChI=1S/C25H25BrN4O4/c1-16-21(29-9-3-2-4-19(29)27-16)23(31)20-22(17-5-7-18(26)8-6-17)30(25(33)24(20)32)11-10-28-12-14-34-15-13-28/h2-9,22,31H,10-15H2,1H3/b23-20+/t22-/m1/s1. The van der Waals surface area contributed by atoms with Crippen LogP contribution >= 0.6 is 15.9 Å². The topological polar surface area (TPSA) is 87.4 Å². The lowest BCUT2D eigenvalue weighted by Gasteiger charge is -2.31. The Bertz CT molecular complexity index is 1280. The zero-order valence-corrected chi connectivity index (χ0v) is 20.4. The first-order chi connectivity index (χ1) is 16.5. The fourth-order valence-corrected chi connectivity index (χ4v) is 4.97. The number of aromatic nitrogens is 2. The lowest BCUT2D eigenvalue weighted by Crippen LogP contribution is -2.42. The SMILES string of the molecule is Cc1nc2ccccn2c1/C(O)=C1\C(=O)C(=O)N(CCN2CCOCC2)[C@@H]1c1ccc(Br)cc1. The Kier molecular flexibility index (Phi) is 6.24. The van der Waals surface area contributed by atoms with E-state index in [0.717, 1.165) is 23.1 Å². The predicted octanol–water partition coefficient (Wildman–Crippen LogP) is 3.16. The number of morpholine rings is 1. The lowest BCUT2D eigenvalue weighted by atomic mass is 9.96. The summed E-state index contributed by atoms with van der Waals surface area (Å²) in [6, 6.07) is 12.3. The number of benzene rings is 1. The van der Waals surface area contributed by atoms with Crippen molar-refractivity contribution in [3.8, 4) is 0 Å². The molecule has 2 saturated heterocycles. The number of carbonyl (C=O) groups excluding carboxylic acids is 2. The number of ketones is 1. The Morgan fingerprint density at radius 2 is 1.85 bits per heavy atom. The number of carbonyl (C=O) groups is 2. The molecule has 4 heterocycles. The third kappa shape index (κ3) is 4.04. The van der Waals surface area contributed by atoms with Gasteiger partial charge in [-0.25, -0.2) is 4.98 Å². The molecule has 2 aliphatic heterocycles. The number of aryl methyl sites for hydroxylation is 1. The molecule has 0 radical (unpaired) electrons. The van der Waals surface area contributed by atoms with Crippen LogP contribution in [0.15, 0.2) is 58.7 Å². The van der Waals surface area contributed by atoms with Crippen LogP contribution in [-0.4, -0.2) is 75.4 Å². The highest BCUT2D eigenvalue weighted by Gasteiger charge is 2.46. The molecular formula is C25H25BrN4O4. The van der Waals surface area contributed by atoms with Crippen molar-refractivity contribution in [2.24, 2.45) is 0 Å². The molecule has 1 amide bonds. The Labute approximate surface area is 205 Å². The molecule has 1 N–H and O–H groups in total. The van der Waals surface area contributed by atoms with E-state index in [1.165, 1.54) is 0 Å². The average Bonchev–Trinajstić information content (AvgIpc) is 3.31. The maximum Gasteiger partial charge on any atom is 0.295 e. The Morgan fingerprint density at radius 3 is 2.59 bits per heavy atom. The van der Waals surface area contributed by atoms with Gasteiger partial charge in [0.15, 0.2) is 5.76 Å². The molecule has 0 unspecified atom stereocenters. The van der Waals surface area contributed by atoms with Crippen molar-refractivity contribution in [3.05, 3.63) is 75.7 Å². The summed E-state index contributed by atoms with van der Waals surface area (Å²) in [6.45, 7) is 5.66. The monoisotopic (exact) mass is 524 g/mol. The highest BCUT2D eigenvalue weighted by molar-refractivity contribution is 9.10. The number of aliphatic hydroxyl groups is 1. The molecule has 0 spiro atoms. The van der Waals surface area contributed by atoms with Crippen LogP contribution in [0, 0.1) is 6.92 Å². The van der Waals surface area contributed by atoms with E-state index in [1.54, 1.807) is 22.4 Å². The Balaban J connectivity index is 1.60. The third-order valence-corrected chi connectivity index (χ3v) is 6.94. The molecular weight excluding hydrogens is 500 g/mol. The zero-order chi connectivity index (χ0) is 23.8. The first-order valence-electron chi connectivity index (χ1n) is 11.2. The van der Waals surface area contributed by atoms with Gasteiger partial charge in [-0.15, -0.1) is 0 Å². The number of halogens is 1. The van der Waals surface area contributed by atoms with Crippen molar-refractivity contribution in [1.29, 1.82) is 0 Å². The van der Waals surface area contributed by atoms with Crippen molar-refractivity contribution >= 4 is 39.0 Å². The van der Waals surface area contributed by atoms with Crippen LogP contribution in [0.2, 0.25) is 0 Å². The van der Waals surface area contributed by atoms with E-state index in [0.29, 0.717) is 43.3 Å². The minimum Gasteiger partial charge on any atom is -0.505 e. The fourth-order valence-electron chi connectivity index (χ4n) is 4.70. The van der Waals surface area contributed by atoms with E-state index < -0.39 is 17.7 Å². The number of Topliss-reactive ketones (excluding diaryl/α,β-unsaturated/α-hetero) is 1. The second kappa shape index (κ2) is 9.32. The van der Waals surface area contributed by atoms with Crippen molar-refractivity contribution in [1.82, 2.24) is 19.2 Å². The van der Waals surface area contributed by atoms with Crippen LogP contribution in [-0.2, 0) is 14.3 Å². The molecule has 0 bridgehead atoms. The summed E-state index contributed by atoms with van der Waals surface area (Å²) >= 11 is 3.45. The van der Waals surface area contributed by atoms with Crippen LogP contribution in [0.1, 0.15) is 23.0 Å². The second-order valence-corrected chi connectivity index (χ2v) is 9.39. The highest BCUT2D eigenvalue weighted by Crippen LogP contribution is 2.40. The van der Waals surface area contributed by atoms with E-state index in [4.69, 9.17) is 4.74 Å². The van der Waals surface area contributed by atoms with E-state index in [2.05, 4.69) is 25.8 Å². The summed E-state index contributed by atoms with van der Waals surface area (Å²) in [5.41, 5.74) is 2.51. The number of amides is 1. The minimum atomic E-state index is -0.692. The number of fused-ring (bicyclic) bond motifs is 1. The molecule has 2 fully saturated rings. The van der Waals surface area contributed by atoms with Gasteiger partial charge in [-0.2, -0.15) is 0 Å². The average molecular weight is 525 g/mol. The summed E-state index contributed by atoms with van der Waals surface area (Å²) < 4.78 is 8.05. The maximum absolute atomic E-state index is 13.3. The molecule has 3 aromatic rings. The van der Waals surface area contributed by atoms with Gasteiger partial charge in [-0.05, 0) is 36.8 Å². The van der Waals surface area contributed by atoms with E-state index in [9.17, 15) is 14.7 Å². The third-order valence-electron chi connectivity index (χ3n) is 6.42. The molecule has 2 aliphatic rings. The molecule has 8 nitrogen and oxygen atoms in total. The van der Waals surface area contributed by atoms with Gasteiger partial charge < -0.3 is 14.7 Å². The molecule has 176 valence electrons. The van der Waals surface area contributed by atoms with E-state index in [1.807, 2.05) is 42.5 Å². The summed E-state index contributed by atoms with van der Waals surface area (Å²) in [5.74, 6) is -1.50. The molecule has 1 atom stereocenters. The normalized spacial score (nSPS) is 21.0. The number of nitrogens with zero attached hydrogens (tertiary/aromatic N) is 4. The first-order valence-corrected chi connectivity index (χ1v) is 12.0. The smallest absolute Gasteiger partial charge is 0.295 e. The van der Waals surface area contributed by atoms with Crippen LogP contribution in [0.4, 0.5) is 0 Å². The largest absolute Gasteiger partial charge is 0.505 e. The summed E-state index contributed by atoms with van der Waals surface area (Å²) in [7, 11) is 0. The van der Waals surface area contributed by atoms with E-state index >= 15 is 0 Å². The maximum atomic E-state index is 13.3. The molecule has 0 aliphatic carbocycles. The molecule has 9 heteroatoms. The number of pyridine rings is 1. The van der Waals surface area contributed by atoms with Gasteiger partial charge >= 0.3 is 0 Å². The Hall–Kier alpha value is -3.01. The number of likely N-dealkylation sites (tertiary alicyclic amines) is 1. The number of rotatable bonds is 5. The second-order valence-electron chi connectivity index (χ2n) is 8.47. The van der Waals surface area contributed by atoms with Crippen molar-refractivity contribution in [2.45, 2.75) is 13.0 Å². The van der Waals surface area contributed by atoms with Crippen molar-refractivity contribution < 1.29 is 19.4 Å². The minimum absolute atomic E-state index is 0.0862. The molecule has 1 aromatic carbocycles. The highest BCUT2D eigenvalue weighted by atomic mass is 79.9. The molecule has 34 heavy (non-hydrogen) atoms. The zero-order valence-electron chi connectivity index (χ0n) is 18.8. The van der Waals surface area contributed by atoms with Crippen LogP contribution in [0.3, 0.4) is 0 Å². The fraction of sp³-hybridized carbons (Fsp3) is 0.320. The van der Waals surface area contributed by atoms with Gasteiger partial charge in [0.1, 0.15) is 11.3 Å². The van der Waals surface area contributed by atoms with Gasteiger partial charge in [0.05, 0.1) is 30.5 Å². The molecule has 5 rings (SSSR count). The number of hydrogen-bond acceptors (Lipinski definition) is 6. The van der Waals surface area contributed by atoms with Crippen LogP contribution in [0.5, 0.6) is 0 Å². The number of ether oxygens (including phenoxy) is 1. The van der Waals surface area contributed by atoms with Gasteiger partial charge in [0.2, 0.25) is 0 Å². The van der Waals surface area contributed by atoms with Crippen LogP contribution in [0.25, 0.3) is 11.4 Å². The first kappa shape index (κ1) is 22.8. The van der Waals surface area contributed by atoms with Gasteiger partial charge in [-0.1, -0.05) is 34.1 Å². The van der Waals surface area contributed by atoms with Gasteiger partial charge in [0.25, 0.3) is 11.7 Å². The quantitative estimate of drug-likeness (QED) is 0.313. The lowest BCUT2D eigenvalue weighted by molar-refractivity contribution is -0.140. The Morgan fingerprint density at radius 1 is 1.12 bits per heavy atom. The van der Waals surface area contributed by atoms with Crippen molar-refractivity contribution in [3.63, 3.8) is 0 Å². The molecule has 0 saturated carbocycles. The number of imidazole rings is 1. The molecule has 2 aromatic heterocycles. The number of hydrogen-bond donors (Lipinski definition) is 1.